The summed E-state index contributed by atoms with van der Waals surface area (Å²) >= 11 is 0. The Morgan fingerprint density at radius 3 is 2.33 bits per heavy atom. The normalized spacial score (nSPS) is 15.3. The Kier molecular flexibility index (Phi) is 4.93. The van der Waals surface area contributed by atoms with E-state index >= 15 is 0 Å². The lowest BCUT2D eigenvalue weighted by Gasteiger charge is -2.22. The van der Waals surface area contributed by atoms with Crippen LogP contribution in [0.3, 0.4) is 0 Å². The lowest BCUT2D eigenvalue weighted by atomic mass is 10.0. The number of carbonyl (C=O) groups is 2. The SMILES string of the molecule is COCCNC(=O)C(=O)NCC1(O)Cc2ccccc2C1. The number of rotatable bonds is 5. The number of hydrogen-bond acceptors (Lipinski definition) is 4. The Bertz CT molecular complexity index is 505. The minimum atomic E-state index is -1.02. The maximum atomic E-state index is 11.6. The molecule has 1 aromatic rings. The second-order valence-electron chi connectivity index (χ2n) is 5.28. The van der Waals surface area contributed by atoms with Crippen LogP contribution in [0.5, 0.6) is 0 Å². The number of amides is 2. The molecule has 6 nitrogen and oxygen atoms in total. The Balaban J connectivity index is 1.81. The zero-order valence-corrected chi connectivity index (χ0v) is 12.0. The van der Waals surface area contributed by atoms with Gasteiger partial charge in [0.25, 0.3) is 0 Å². The molecule has 1 aliphatic rings. The van der Waals surface area contributed by atoms with E-state index in [1.54, 1.807) is 0 Å². The second kappa shape index (κ2) is 6.69. The van der Waals surface area contributed by atoms with Crippen LogP contribution in [-0.2, 0) is 27.2 Å². The van der Waals surface area contributed by atoms with Gasteiger partial charge in [-0.1, -0.05) is 24.3 Å². The van der Waals surface area contributed by atoms with E-state index in [1.165, 1.54) is 7.11 Å². The number of hydrogen-bond donors (Lipinski definition) is 3. The van der Waals surface area contributed by atoms with Gasteiger partial charge < -0.3 is 20.5 Å². The zero-order chi connectivity index (χ0) is 15.3. The molecule has 6 heteroatoms. The van der Waals surface area contributed by atoms with Crippen molar-refractivity contribution in [2.24, 2.45) is 0 Å². The average Bonchev–Trinajstić information content (AvgIpc) is 2.81. The maximum Gasteiger partial charge on any atom is 0.309 e. The van der Waals surface area contributed by atoms with Crippen LogP contribution in [0, 0.1) is 0 Å². The standard InChI is InChI=1S/C15H20N2O4/c1-21-7-6-16-13(18)14(19)17-10-15(20)8-11-4-2-3-5-12(11)9-15/h2-5,20H,6-10H2,1H3,(H,16,18)(H,17,19). The fraction of sp³-hybridized carbons (Fsp3) is 0.467. The molecule has 1 aliphatic carbocycles. The van der Waals surface area contributed by atoms with Gasteiger partial charge >= 0.3 is 11.8 Å². The van der Waals surface area contributed by atoms with E-state index in [2.05, 4.69) is 10.6 Å². The maximum absolute atomic E-state index is 11.6. The number of aliphatic hydroxyl groups is 1. The van der Waals surface area contributed by atoms with Gasteiger partial charge in [0.2, 0.25) is 0 Å². The topological polar surface area (TPSA) is 87.7 Å². The number of ether oxygens (including phenoxy) is 1. The predicted molar refractivity (Wildman–Crippen MR) is 76.7 cm³/mol. The summed E-state index contributed by atoms with van der Waals surface area (Å²) < 4.78 is 4.78. The van der Waals surface area contributed by atoms with Crippen LogP contribution in [0.25, 0.3) is 0 Å². The highest BCUT2D eigenvalue weighted by atomic mass is 16.5. The summed E-state index contributed by atoms with van der Waals surface area (Å²) in [5.41, 5.74) is 1.14. The summed E-state index contributed by atoms with van der Waals surface area (Å²) in [6, 6.07) is 7.78. The molecule has 3 N–H and O–H groups in total. The molecule has 21 heavy (non-hydrogen) atoms. The Labute approximate surface area is 123 Å². The molecule has 0 unspecified atom stereocenters. The molecule has 0 aromatic heterocycles. The van der Waals surface area contributed by atoms with Crippen LogP contribution in [-0.4, -0.2) is 49.3 Å². The summed E-state index contributed by atoms with van der Waals surface area (Å²) in [6.45, 7) is 0.676. The molecule has 0 radical (unpaired) electrons. The van der Waals surface area contributed by atoms with Gasteiger partial charge in [-0.3, -0.25) is 9.59 Å². The molecular weight excluding hydrogens is 272 g/mol. The fourth-order valence-electron chi connectivity index (χ4n) is 2.47. The van der Waals surface area contributed by atoms with E-state index in [4.69, 9.17) is 4.74 Å². The van der Waals surface area contributed by atoms with E-state index in [1.807, 2.05) is 24.3 Å². The third-order valence-electron chi connectivity index (χ3n) is 3.53. The Morgan fingerprint density at radius 2 is 1.76 bits per heavy atom. The van der Waals surface area contributed by atoms with Gasteiger partial charge in [-0.25, -0.2) is 0 Å². The summed E-state index contributed by atoms with van der Waals surface area (Å²) in [4.78, 5) is 23.1. The Morgan fingerprint density at radius 1 is 1.19 bits per heavy atom. The largest absolute Gasteiger partial charge is 0.387 e. The molecule has 1 aromatic carbocycles. The van der Waals surface area contributed by atoms with Gasteiger partial charge in [0.1, 0.15) is 0 Å². The van der Waals surface area contributed by atoms with Crippen molar-refractivity contribution in [3.05, 3.63) is 35.4 Å². The van der Waals surface area contributed by atoms with Crippen molar-refractivity contribution in [1.82, 2.24) is 10.6 Å². The van der Waals surface area contributed by atoms with E-state index in [-0.39, 0.29) is 13.1 Å². The monoisotopic (exact) mass is 292 g/mol. The van der Waals surface area contributed by atoms with Gasteiger partial charge in [-0.05, 0) is 11.1 Å². The molecule has 0 saturated carbocycles. The van der Waals surface area contributed by atoms with E-state index in [0.717, 1.165) is 11.1 Å². The van der Waals surface area contributed by atoms with Crippen molar-refractivity contribution in [2.75, 3.05) is 26.8 Å². The quantitative estimate of drug-likeness (QED) is 0.499. The van der Waals surface area contributed by atoms with Gasteiger partial charge in [0.05, 0.1) is 12.2 Å². The molecule has 2 amide bonds. The summed E-state index contributed by atoms with van der Waals surface area (Å²) in [5.74, 6) is -1.46. The van der Waals surface area contributed by atoms with Crippen LogP contribution >= 0.6 is 0 Å². The lowest BCUT2D eigenvalue weighted by molar-refractivity contribution is -0.139. The first-order valence-corrected chi connectivity index (χ1v) is 6.88. The second-order valence-corrected chi connectivity index (χ2v) is 5.28. The lowest BCUT2D eigenvalue weighted by Crippen LogP contribution is -2.48. The first kappa shape index (κ1) is 15.5. The van der Waals surface area contributed by atoms with Gasteiger partial charge in [-0.15, -0.1) is 0 Å². The van der Waals surface area contributed by atoms with E-state index in [0.29, 0.717) is 19.4 Å². The van der Waals surface area contributed by atoms with Crippen molar-refractivity contribution < 1.29 is 19.4 Å². The highest BCUT2D eigenvalue weighted by Crippen LogP contribution is 2.29. The average molecular weight is 292 g/mol. The number of methoxy groups -OCH3 is 1. The molecule has 0 fully saturated rings. The number of fused-ring (bicyclic) bond motifs is 1. The highest BCUT2D eigenvalue weighted by molar-refractivity contribution is 6.35. The molecule has 0 spiro atoms. The molecule has 0 atom stereocenters. The van der Waals surface area contributed by atoms with Crippen LogP contribution in [0.1, 0.15) is 11.1 Å². The Hall–Kier alpha value is -1.92. The highest BCUT2D eigenvalue weighted by Gasteiger charge is 2.35. The van der Waals surface area contributed by atoms with E-state index in [9.17, 15) is 14.7 Å². The van der Waals surface area contributed by atoms with Crippen LogP contribution in [0.4, 0.5) is 0 Å². The number of carbonyl (C=O) groups excluding carboxylic acids is 2. The molecular formula is C15H20N2O4. The van der Waals surface area contributed by atoms with Crippen LogP contribution in [0.15, 0.2) is 24.3 Å². The zero-order valence-electron chi connectivity index (χ0n) is 12.0. The molecule has 0 aliphatic heterocycles. The minimum Gasteiger partial charge on any atom is -0.387 e. The van der Waals surface area contributed by atoms with Crippen LogP contribution < -0.4 is 10.6 Å². The molecule has 114 valence electrons. The molecule has 0 heterocycles. The first-order chi connectivity index (χ1) is 10.0. The molecule has 0 bridgehead atoms. The first-order valence-electron chi connectivity index (χ1n) is 6.88. The van der Waals surface area contributed by atoms with Crippen molar-refractivity contribution in [3.63, 3.8) is 0 Å². The summed E-state index contributed by atoms with van der Waals surface area (Å²) in [6.07, 6.45) is 0.962. The van der Waals surface area contributed by atoms with Crippen LogP contribution in [0.2, 0.25) is 0 Å². The van der Waals surface area contributed by atoms with Gasteiger partial charge in [0, 0.05) is 33.0 Å². The third kappa shape index (κ3) is 4.03. The summed E-state index contributed by atoms with van der Waals surface area (Å²) in [7, 11) is 1.51. The summed E-state index contributed by atoms with van der Waals surface area (Å²) in [5, 5.41) is 15.4. The smallest absolute Gasteiger partial charge is 0.309 e. The number of benzene rings is 1. The van der Waals surface area contributed by atoms with Crippen molar-refractivity contribution in [3.8, 4) is 0 Å². The minimum absolute atomic E-state index is 0.0538. The predicted octanol–water partition coefficient (Wildman–Crippen LogP) is -0.605. The molecule has 2 rings (SSSR count). The number of nitrogens with one attached hydrogen (secondary N) is 2. The fourth-order valence-corrected chi connectivity index (χ4v) is 2.47. The van der Waals surface area contributed by atoms with Gasteiger partial charge in [0.15, 0.2) is 0 Å². The van der Waals surface area contributed by atoms with Crippen molar-refractivity contribution in [2.45, 2.75) is 18.4 Å². The van der Waals surface area contributed by atoms with Gasteiger partial charge in [-0.2, -0.15) is 0 Å². The van der Waals surface area contributed by atoms with E-state index < -0.39 is 17.4 Å². The molecule has 0 saturated heterocycles. The van der Waals surface area contributed by atoms with Crippen molar-refractivity contribution >= 4 is 11.8 Å². The van der Waals surface area contributed by atoms with Crippen molar-refractivity contribution in [1.29, 1.82) is 0 Å². The third-order valence-corrected chi connectivity index (χ3v) is 3.53.